The summed E-state index contributed by atoms with van der Waals surface area (Å²) in [5.74, 6) is -0.445. The van der Waals surface area contributed by atoms with Gasteiger partial charge in [0, 0.05) is 12.5 Å². The number of carbonyl (C=O) groups excluding carboxylic acids is 1. The van der Waals surface area contributed by atoms with E-state index >= 15 is 0 Å². The van der Waals surface area contributed by atoms with Crippen LogP contribution >= 0.6 is 0 Å². The smallest absolute Gasteiger partial charge is 0.241 e. The molecule has 7 heteroatoms. The summed E-state index contributed by atoms with van der Waals surface area (Å²) in [7, 11) is -3.66. The summed E-state index contributed by atoms with van der Waals surface area (Å²) in [6, 6.07) is 21.3. The molecule has 3 aromatic rings. The highest BCUT2D eigenvalue weighted by Gasteiger charge is 2.18. The van der Waals surface area contributed by atoms with Crippen LogP contribution in [0.3, 0.4) is 0 Å². The van der Waals surface area contributed by atoms with Crippen LogP contribution in [0.5, 0.6) is 0 Å². The molecule has 0 saturated carbocycles. The number of amides is 1. The minimum absolute atomic E-state index is 0.128. The van der Waals surface area contributed by atoms with Crippen LogP contribution in [-0.4, -0.2) is 14.3 Å². The van der Waals surface area contributed by atoms with Crippen molar-refractivity contribution in [2.45, 2.75) is 43.7 Å². The van der Waals surface area contributed by atoms with Gasteiger partial charge in [-0.1, -0.05) is 54.6 Å². The summed E-state index contributed by atoms with van der Waals surface area (Å²) in [5, 5.41) is 2.89. The van der Waals surface area contributed by atoms with Crippen molar-refractivity contribution >= 4 is 15.9 Å². The van der Waals surface area contributed by atoms with E-state index in [4.69, 9.17) is 0 Å². The third-order valence-electron chi connectivity index (χ3n) is 5.25. The summed E-state index contributed by atoms with van der Waals surface area (Å²) in [6.07, 6.45) is 0.747. The minimum atomic E-state index is -3.66. The molecular weight excluding hydrogens is 427 g/mol. The quantitative estimate of drug-likeness (QED) is 0.493. The van der Waals surface area contributed by atoms with Gasteiger partial charge >= 0.3 is 0 Å². The van der Waals surface area contributed by atoms with Crippen molar-refractivity contribution in [1.82, 2.24) is 10.0 Å². The average molecular weight is 455 g/mol. The zero-order valence-corrected chi connectivity index (χ0v) is 18.9. The van der Waals surface area contributed by atoms with Crippen LogP contribution < -0.4 is 10.0 Å². The zero-order chi connectivity index (χ0) is 23.1. The molecule has 0 aliphatic heterocycles. The van der Waals surface area contributed by atoms with E-state index in [-0.39, 0.29) is 35.1 Å². The van der Waals surface area contributed by atoms with Gasteiger partial charge in [-0.2, -0.15) is 0 Å². The van der Waals surface area contributed by atoms with Crippen molar-refractivity contribution in [3.8, 4) is 0 Å². The van der Waals surface area contributed by atoms with Gasteiger partial charge in [-0.25, -0.2) is 17.5 Å². The monoisotopic (exact) mass is 454 g/mol. The summed E-state index contributed by atoms with van der Waals surface area (Å²) < 4.78 is 41.1. The first-order chi connectivity index (χ1) is 15.2. The van der Waals surface area contributed by atoms with E-state index in [1.54, 1.807) is 43.3 Å². The lowest BCUT2D eigenvalue weighted by atomic mass is 10.1. The molecule has 0 heterocycles. The number of aryl methyl sites for hydroxylation is 1. The van der Waals surface area contributed by atoms with E-state index in [1.807, 2.05) is 37.3 Å². The second-order valence-corrected chi connectivity index (χ2v) is 9.45. The molecule has 168 valence electrons. The van der Waals surface area contributed by atoms with Gasteiger partial charge in [0.05, 0.1) is 10.9 Å². The third-order valence-corrected chi connectivity index (χ3v) is 6.81. The molecule has 0 aliphatic rings. The Kier molecular flexibility index (Phi) is 7.77. The predicted molar refractivity (Wildman–Crippen MR) is 123 cm³/mol. The molecule has 0 unspecified atom stereocenters. The molecule has 3 rings (SSSR count). The van der Waals surface area contributed by atoms with E-state index in [0.29, 0.717) is 6.42 Å². The second kappa shape index (κ2) is 10.5. The van der Waals surface area contributed by atoms with Gasteiger partial charge in [0.15, 0.2) is 0 Å². The summed E-state index contributed by atoms with van der Waals surface area (Å²) in [6.45, 7) is 3.64. The van der Waals surface area contributed by atoms with E-state index in [2.05, 4.69) is 10.0 Å². The fourth-order valence-electron chi connectivity index (χ4n) is 3.35. The molecule has 0 spiro atoms. The van der Waals surface area contributed by atoms with Crippen molar-refractivity contribution in [1.29, 1.82) is 0 Å². The highest BCUT2D eigenvalue weighted by molar-refractivity contribution is 7.89. The SMILES string of the molecule is C[C@H](NS(=O)(=O)c1ccc(CCC(=O)N[C@H](C)c2ccc(F)cc2)cc1)c1ccccc1. The maximum atomic E-state index is 13.0. The van der Waals surface area contributed by atoms with Crippen LogP contribution in [-0.2, 0) is 21.2 Å². The molecule has 0 aromatic heterocycles. The first-order valence-electron chi connectivity index (χ1n) is 10.5. The van der Waals surface area contributed by atoms with Crippen LogP contribution in [0.1, 0.15) is 49.0 Å². The first-order valence-corrected chi connectivity index (χ1v) is 11.9. The molecule has 0 radical (unpaired) electrons. The number of sulfonamides is 1. The molecule has 32 heavy (non-hydrogen) atoms. The Balaban J connectivity index is 1.53. The Morgan fingerprint density at radius 3 is 2.06 bits per heavy atom. The topological polar surface area (TPSA) is 75.3 Å². The second-order valence-electron chi connectivity index (χ2n) is 7.74. The molecule has 0 saturated heterocycles. The van der Waals surface area contributed by atoms with Crippen LogP contribution in [0.15, 0.2) is 83.8 Å². The lowest BCUT2D eigenvalue weighted by molar-refractivity contribution is -0.121. The molecule has 0 fully saturated rings. The molecule has 3 aromatic carbocycles. The largest absolute Gasteiger partial charge is 0.350 e. The summed E-state index contributed by atoms with van der Waals surface area (Å²) in [5.41, 5.74) is 2.57. The van der Waals surface area contributed by atoms with E-state index in [1.165, 1.54) is 12.1 Å². The predicted octanol–water partition coefficient (Wildman–Crippen LogP) is 4.68. The fourth-order valence-corrected chi connectivity index (χ4v) is 4.58. The lowest BCUT2D eigenvalue weighted by Crippen LogP contribution is -2.27. The molecule has 2 N–H and O–H groups in total. The minimum Gasteiger partial charge on any atom is -0.350 e. The van der Waals surface area contributed by atoms with E-state index < -0.39 is 10.0 Å². The maximum absolute atomic E-state index is 13.0. The Morgan fingerprint density at radius 2 is 1.44 bits per heavy atom. The molecule has 0 bridgehead atoms. The molecule has 0 aliphatic carbocycles. The number of hydrogen-bond donors (Lipinski definition) is 2. The summed E-state index contributed by atoms with van der Waals surface area (Å²) in [4.78, 5) is 12.4. The number of carbonyl (C=O) groups is 1. The van der Waals surface area contributed by atoms with Crippen molar-refractivity contribution in [2.24, 2.45) is 0 Å². The summed E-state index contributed by atoms with van der Waals surface area (Å²) >= 11 is 0. The molecule has 2 atom stereocenters. The number of hydrogen-bond acceptors (Lipinski definition) is 3. The highest BCUT2D eigenvalue weighted by atomic mass is 32.2. The average Bonchev–Trinajstić information content (AvgIpc) is 2.78. The molecule has 5 nitrogen and oxygen atoms in total. The van der Waals surface area contributed by atoms with Gasteiger partial charge in [-0.05, 0) is 61.2 Å². The highest BCUT2D eigenvalue weighted by Crippen LogP contribution is 2.18. The van der Waals surface area contributed by atoms with Crippen molar-refractivity contribution < 1.29 is 17.6 Å². The number of nitrogens with one attached hydrogen (secondary N) is 2. The Bertz CT molecular complexity index is 1130. The Hall–Kier alpha value is -3.03. The maximum Gasteiger partial charge on any atom is 0.241 e. The van der Waals surface area contributed by atoms with Gasteiger partial charge in [0.1, 0.15) is 5.82 Å². The first kappa shape index (κ1) is 23.6. The third kappa shape index (κ3) is 6.48. The van der Waals surface area contributed by atoms with Gasteiger partial charge in [-0.3, -0.25) is 4.79 Å². The Labute approximate surface area is 188 Å². The molecular formula is C25H27FN2O3S. The van der Waals surface area contributed by atoms with Crippen LogP contribution in [0.4, 0.5) is 4.39 Å². The van der Waals surface area contributed by atoms with Gasteiger partial charge in [-0.15, -0.1) is 0 Å². The van der Waals surface area contributed by atoms with Crippen molar-refractivity contribution in [3.63, 3.8) is 0 Å². The fraction of sp³-hybridized carbons (Fsp3) is 0.240. The van der Waals surface area contributed by atoms with Crippen LogP contribution in [0, 0.1) is 5.82 Å². The van der Waals surface area contributed by atoms with E-state index in [0.717, 1.165) is 16.7 Å². The Morgan fingerprint density at radius 1 is 0.844 bits per heavy atom. The van der Waals surface area contributed by atoms with Gasteiger partial charge in [0.25, 0.3) is 0 Å². The van der Waals surface area contributed by atoms with E-state index in [9.17, 15) is 17.6 Å². The number of rotatable bonds is 9. The van der Waals surface area contributed by atoms with Gasteiger partial charge in [0.2, 0.25) is 15.9 Å². The van der Waals surface area contributed by atoms with Crippen molar-refractivity contribution in [3.05, 3.63) is 101 Å². The number of benzene rings is 3. The van der Waals surface area contributed by atoms with Crippen molar-refractivity contribution in [2.75, 3.05) is 0 Å². The van der Waals surface area contributed by atoms with Crippen LogP contribution in [0.2, 0.25) is 0 Å². The standard InChI is InChI=1S/C25H27FN2O3S/c1-18(22-11-13-23(26)14-12-22)27-25(29)17-10-20-8-15-24(16-9-20)32(30,31)28-19(2)21-6-4-3-5-7-21/h3-9,11-16,18-19,28H,10,17H2,1-2H3,(H,27,29)/t18-,19+/m1/s1. The molecule has 1 amide bonds. The normalized spacial score (nSPS) is 13.3. The lowest BCUT2D eigenvalue weighted by Gasteiger charge is -2.15. The van der Waals surface area contributed by atoms with Gasteiger partial charge < -0.3 is 5.32 Å². The number of halogens is 1. The zero-order valence-electron chi connectivity index (χ0n) is 18.1. The van der Waals surface area contributed by atoms with Crippen LogP contribution in [0.25, 0.3) is 0 Å².